The standard InChI is InChI=1S/C46H30N4O/c1-4-14-29(15-5-1)37-27-38(30-16-6-2-7-17-30)48-46(47-37)50-39-22-12-10-20-32(39)35-26-36-42(28-41(35)50)49(31-18-8-3-9-19-31)40-25-24-34-33-21-11-13-23-43(33)51-45(34)44(36)40/h1-28,35,41H. The van der Waals surface area contributed by atoms with Crippen LogP contribution in [0.4, 0.5) is 11.6 Å². The highest BCUT2D eigenvalue weighted by atomic mass is 16.3. The highest BCUT2D eigenvalue weighted by Crippen LogP contribution is 2.47. The normalized spacial score (nSPS) is 16.1. The average Bonchev–Trinajstić information content (AvgIpc) is 3.85. The van der Waals surface area contributed by atoms with Crippen LogP contribution in [0.3, 0.4) is 0 Å². The molecule has 0 saturated heterocycles. The van der Waals surface area contributed by atoms with Gasteiger partial charge in [-0.05, 0) is 54.1 Å². The summed E-state index contributed by atoms with van der Waals surface area (Å²) >= 11 is 0. The van der Waals surface area contributed by atoms with Crippen LogP contribution in [0, 0.1) is 0 Å². The minimum Gasteiger partial charge on any atom is -0.455 e. The highest BCUT2D eigenvalue weighted by Gasteiger charge is 2.40. The molecule has 0 bridgehead atoms. The Morgan fingerprint density at radius 2 is 1.22 bits per heavy atom. The number of hydrogen-bond acceptors (Lipinski definition) is 4. The molecule has 2 aliphatic rings. The predicted octanol–water partition coefficient (Wildman–Crippen LogP) is 9.53. The Kier molecular flexibility index (Phi) is 6.01. The van der Waals surface area contributed by atoms with Gasteiger partial charge < -0.3 is 13.9 Å². The molecule has 51 heavy (non-hydrogen) atoms. The number of furan rings is 1. The van der Waals surface area contributed by atoms with Crippen molar-refractivity contribution in [2.24, 2.45) is 0 Å². The average molecular weight is 655 g/mol. The van der Waals surface area contributed by atoms with Crippen molar-refractivity contribution in [2.75, 3.05) is 4.90 Å². The monoisotopic (exact) mass is 654 g/mol. The van der Waals surface area contributed by atoms with Gasteiger partial charge in [-0.25, -0.2) is 9.97 Å². The number of fused-ring (bicyclic) bond motifs is 10. The highest BCUT2D eigenvalue weighted by molar-refractivity contribution is 6.15. The lowest BCUT2D eigenvalue weighted by atomic mass is 9.90. The lowest BCUT2D eigenvalue weighted by Gasteiger charge is -2.27. The van der Waals surface area contributed by atoms with Crippen molar-refractivity contribution in [3.8, 4) is 28.2 Å². The van der Waals surface area contributed by atoms with Crippen molar-refractivity contribution < 1.29 is 4.42 Å². The summed E-state index contributed by atoms with van der Waals surface area (Å²) in [5.74, 6) is 0.762. The zero-order chi connectivity index (χ0) is 33.5. The smallest absolute Gasteiger partial charge is 0.231 e. The molecule has 5 nitrogen and oxygen atoms in total. The molecule has 4 heterocycles. The molecule has 0 radical (unpaired) electrons. The minimum atomic E-state index is -0.0533. The fourth-order valence-electron chi connectivity index (χ4n) is 8.29. The molecular formula is C46H30N4O. The van der Waals surface area contributed by atoms with Crippen LogP contribution in [-0.2, 0) is 0 Å². The Balaban J connectivity index is 1.21. The van der Waals surface area contributed by atoms with Gasteiger partial charge in [0.25, 0.3) is 0 Å². The summed E-state index contributed by atoms with van der Waals surface area (Å²) in [4.78, 5) is 13.0. The maximum atomic E-state index is 6.69. The summed E-state index contributed by atoms with van der Waals surface area (Å²) < 4.78 is 9.08. The van der Waals surface area contributed by atoms with E-state index in [9.17, 15) is 0 Å². The molecule has 2 unspecified atom stereocenters. The summed E-state index contributed by atoms with van der Waals surface area (Å²) in [5, 5.41) is 5.75. The van der Waals surface area contributed by atoms with Gasteiger partial charge in [0.15, 0.2) is 0 Å². The van der Waals surface area contributed by atoms with Gasteiger partial charge >= 0.3 is 0 Å². The molecule has 0 saturated carbocycles. The number of nitrogens with zero attached hydrogens (tertiary/aromatic N) is 4. The zero-order valence-electron chi connectivity index (χ0n) is 27.5. The number of aromatic nitrogens is 3. The van der Waals surface area contributed by atoms with Gasteiger partial charge in [0.2, 0.25) is 5.95 Å². The molecule has 6 aromatic carbocycles. The number of anilines is 2. The van der Waals surface area contributed by atoms with Gasteiger partial charge in [-0.15, -0.1) is 0 Å². The van der Waals surface area contributed by atoms with Crippen LogP contribution in [0.25, 0.3) is 73.2 Å². The number of para-hydroxylation sites is 3. The van der Waals surface area contributed by atoms with Crippen molar-refractivity contribution in [3.63, 3.8) is 0 Å². The number of rotatable bonds is 4. The van der Waals surface area contributed by atoms with E-state index in [0.29, 0.717) is 5.95 Å². The lowest BCUT2D eigenvalue weighted by molar-refractivity contribution is 0.672. The molecule has 0 N–H and O–H groups in total. The first-order valence-electron chi connectivity index (χ1n) is 17.4. The minimum absolute atomic E-state index is 0.0533. The van der Waals surface area contributed by atoms with Crippen LogP contribution in [0.1, 0.15) is 11.5 Å². The van der Waals surface area contributed by atoms with Gasteiger partial charge in [0, 0.05) is 44.4 Å². The number of hydrogen-bond donors (Lipinski definition) is 0. The predicted molar refractivity (Wildman–Crippen MR) is 207 cm³/mol. The molecule has 240 valence electrons. The Labute approximate surface area is 293 Å². The zero-order valence-corrected chi connectivity index (χ0v) is 27.5. The summed E-state index contributed by atoms with van der Waals surface area (Å²) in [6.07, 6.45) is 4.90. The lowest BCUT2D eigenvalue weighted by Crippen LogP contribution is -2.40. The second-order valence-corrected chi connectivity index (χ2v) is 13.4. The largest absolute Gasteiger partial charge is 0.455 e. The summed E-state index contributed by atoms with van der Waals surface area (Å²) in [5.41, 5.74) is 10.4. The summed E-state index contributed by atoms with van der Waals surface area (Å²) in [6, 6.07) is 55.0. The molecule has 1 aliphatic carbocycles. The van der Waals surface area contributed by atoms with E-state index < -0.39 is 0 Å². The number of benzene rings is 6. The quantitative estimate of drug-likeness (QED) is 0.190. The third-order valence-corrected chi connectivity index (χ3v) is 10.5. The van der Waals surface area contributed by atoms with E-state index >= 15 is 0 Å². The van der Waals surface area contributed by atoms with E-state index in [2.05, 4.69) is 161 Å². The fourth-order valence-corrected chi connectivity index (χ4v) is 8.29. The third-order valence-electron chi connectivity index (χ3n) is 10.5. The Hall–Kier alpha value is -6.72. The van der Waals surface area contributed by atoms with Gasteiger partial charge in [-0.1, -0.05) is 121 Å². The SMILES string of the molecule is C1=c2c(n(-c3ccccc3)c3ccc4c5ccccc5oc4c23)=CC2C1c1ccccc1N2c1nc(-c2ccccc2)cc(-c2ccccc2)n1. The van der Waals surface area contributed by atoms with Crippen LogP contribution >= 0.6 is 0 Å². The van der Waals surface area contributed by atoms with Crippen molar-refractivity contribution in [3.05, 3.63) is 174 Å². The van der Waals surface area contributed by atoms with Crippen LogP contribution in [0.15, 0.2) is 162 Å². The van der Waals surface area contributed by atoms with Crippen LogP contribution in [0.5, 0.6) is 0 Å². The van der Waals surface area contributed by atoms with Crippen molar-refractivity contribution in [1.29, 1.82) is 0 Å². The van der Waals surface area contributed by atoms with E-state index in [1.165, 1.54) is 10.8 Å². The summed E-state index contributed by atoms with van der Waals surface area (Å²) in [7, 11) is 0. The third kappa shape index (κ3) is 4.21. The molecule has 1 aliphatic heterocycles. The molecule has 0 amide bonds. The fraction of sp³-hybridized carbons (Fsp3) is 0.0435. The topological polar surface area (TPSA) is 47.1 Å². The second kappa shape index (κ2) is 10.9. The first-order chi connectivity index (χ1) is 25.3. The first-order valence-corrected chi connectivity index (χ1v) is 17.4. The molecule has 9 aromatic rings. The van der Waals surface area contributed by atoms with Gasteiger partial charge in [0.05, 0.1) is 33.7 Å². The molecule has 5 heteroatoms. The van der Waals surface area contributed by atoms with Crippen LogP contribution < -0.4 is 15.5 Å². The maximum absolute atomic E-state index is 6.69. The van der Waals surface area contributed by atoms with E-state index in [1.54, 1.807) is 0 Å². The first kappa shape index (κ1) is 28.2. The van der Waals surface area contributed by atoms with Gasteiger partial charge in [0.1, 0.15) is 11.2 Å². The molecular weight excluding hydrogens is 625 g/mol. The molecule has 2 atom stereocenters. The van der Waals surface area contributed by atoms with E-state index in [4.69, 9.17) is 14.4 Å². The Morgan fingerprint density at radius 3 is 1.96 bits per heavy atom. The van der Waals surface area contributed by atoms with E-state index in [0.717, 1.165) is 72.1 Å². The van der Waals surface area contributed by atoms with E-state index in [1.807, 2.05) is 18.2 Å². The van der Waals surface area contributed by atoms with Crippen molar-refractivity contribution in [2.45, 2.75) is 12.0 Å². The Bertz CT molecular complexity index is 2870. The van der Waals surface area contributed by atoms with Crippen molar-refractivity contribution >= 4 is 56.6 Å². The Morgan fingerprint density at radius 1 is 0.569 bits per heavy atom. The molecule has 3 aromatic heterocycles. The summed E-state index contributed by atoms with van der Waals surface area (Å²) in [6.45, 7) is 0. The van der Waals surface area contributed by atoms with Gasteiger partial charge in [-0.2, -0.15) is 0 Å². The molecule has 11 rings (SSSR count). The van der Waals surface area contributed by atoms with Crippen LogP contribution in [0.2, 0.25) is 0 Å². The van der Waals surface area contributed by atoms with Crippen LogP contribution in [-0.4, -0.2) is 20.6 Å². The van der Waals surface area contributed by atoms with Gasteiger partial charge in [-0.3, -0.25) is 0 Å². The second-order valence-electron chi connectivity index (χ2n) is 13.4. The van der Waals surface area contributed by atoms with E-state index in [-0.39, 0.29) is 12.0 Å². The molecule has 0 spiro atoms. The molecule has 0 fully saturated rings. The van der Waals surface area contributed by atoms with Crippen molar-refractivity contribution in [1.82, 2.24) is 14.5 Å². The maximum Gasteiger partial charge on any atom is 0.231 e.